The van der Waals surface area contributed by atoms with E-state index in [4.69, 9.17) is 0 Å². The number of hydrogen-bond acceptors (Lipinski definition) is 2. The van der Waals surface area contributed by atoms with E-state index in [-0.39, 0.29) is 5.82 Å². The van der Waals surface area contributed by atoms with E-state index in [1.807, 2.05) is 0 Å². The van der Waals surface area contributed by atoms with Crippen molar-refractivity contribution in [2.45, 2.75) is 6.92 Å². The molecule has 0 bridgehead atoms. The van der Waals surface area contributed by atoms with E-state index in [1.165, 1.54) is 24.3 Å². The van der Waals surface area contributed by atoms with Crippen LogP contribution in [0.5, 0.6) is 0 Å². The Bertz CT molecular complexity index is 626. The number of halogens is 2. The summed E-state index contributed by atoms with van der Waals surface area (Å²) in [6.45, 7) is 1.69. The molecule has 2 rings (SSSR count). The van der Waals surface area contributed by atoms with Gasteiger partial charge in [-0.1, -0.05) is 6.07 Å². The molecule has 0 aliphatic heterocycles. The van der Waals surface area contributed by atoms with Gasteiger partial charge in [0.2, 0.25) is 5.82 Å². The normalized spacial score (nSPS) is 10.4. The molecular weight excluding hydrogens is 240 g/mol. The lowest BCUT2D eigenvalue weighted by molar-refractivity contribution is -0.387. The van der Waals surface area contributed by atoms with Crippen molar-refractivity contribution < 1.29 is 13.7 Å². The Balaban J connectivity index is 2.52. The van der Waals surface area contributed by atoms with Crippen LogP contribution < -0.4 is 0 Å². The lowest BCUT2D eigenvalue weighted by atomic mass is 10.00. The topological polar surface area (TPSA) is 43.1 Å². The van der Waals surface area contributed by atoms with E-state index < -0.39 is 16.4 Å². The van der Waals surface area contributed by atoms with Crippen LogP contribution in [0.15, 0.2) is 36.4 Å². The van der Waals surface area contributed by atoms with Crippen molar-refractivity contribution >= 4 is 5.69 Å². The van der Waals surface area contributed by atoms with Crippen LogP contribution in [0.4, 0.5) is 14.5 Å². The molecule has 18 heavy (non-hydrogen) atoms. The van der Waals surface area contributed by atoms with Gasteiger partial charge in [0, 0.05) is 6.07 Å². The van der Waals surface area contributed by atoms with Gasteiger partial charge in [-0.15, -0.1) is 0 Å². The Morgan fingerprint density at radius 3 is 2.39 bits per heavy atom. The standard InChI is InChI=1S/C13H9F2NO2/c1-8-6-10(14)3-4-11(8)9-2-5-13(16(17)18)12(15)7-9/h2-7H,1H3. The fraction of sp³-hybridized carbons (Fsp3) is 0.0769. The summed E-state index contributed by atoms with van der Waals surface area (Å²) in [6.07, 6.45) is 0. The zero-order valence-electron chi connectivity index (χ0n) is 9.48. The molecule has 92 valence electrons. The molecule has 0 aliphatic carbocycles. The van der Waals surface area contributed by atoms with E-state index in [1.54, 1.807) is 6.92 Å². The second-order valence-corrected chi connectivity index (χ2v) is 3.88. The smallest absolute Gasteiger partial charge is 0.258 e. The number of hydrogen-bond donors (Lipinski definition) is 0. The molecule has 0 aliphatic rings. The van der Waals surface area contributed by atoms with Crippen LogP contribution >= 0.6 is 0 Å². The Morgan fingerprint density at radius 2 is 1.83 bits per heavy atom. The van der Waals surface area contributed by atoms with Crippen molar-refractivity contribution in [3.63, 3.8) is 0 Å². The predicted molar refractivity (Wildman–Crippen MR) is 63.2 cm³/mol. The summed E-state index contributed by atoms with van der Waals surface area (Å²) in [5, 5.41) is 10.5. The minimum Gasteiger partial charge on any atom is -0.258 e. The van der Waals surface area contributed by atoms with Gasteiger partial charge < -0.3 is 0 Å². The number of nitro benzene ring substituents is 1. The van der Waals surface area contributed by atoms with Crippen molar-refractivity contribution in [2.24, 2.45) is 0 Å². The molecule has 3 nitrogen and oxygen atoms in total. The molecule has 0 atom stereocenters. The van der Waals surface area contributed by atoms with E-state index in [0.717, 1.165) is 12.1 Å². The largest absolute Gasteiger partial charge is 0.304 e. The first kappa shape index (κ1) is 12.2. The van der Waals surface area contributed by atoms with Gasteiger partial charge >= 0.3 is 5.69 Å². The number of rotatable bonds is 2. The monoisotopic (exact) mass is 249 g/mol. The maximum Gasteiger partial charge on any atom is 0.304 e. The average molecular weight is 249 g/mol. The summed E-state index contributed by atoms with van der Waals surface area (Å²) in [6, 6.07) is 7.74. The van der Waals surface area contributed by atoms with Crippen molar-refractivity contribution in [2.75, 3.05) is 0 Å². The summed E-state index contributed by atoms with van der Waals surface area (Å²) < 4.78 is 26.4. The zero-order valence-corrected chi connectivity index (χ0v) is 9.48. The molecule has 0 unspecified atom stereocenters. The zero-order chi connectivity index (χ0) is 13.3. The highest BCUT2D eigenvalue weighted by Gasteiger charge is 2.15. The van der Waals surface area contributed by atoms with Crippen molar-refractivity contribution in [1.82, 2.24) is 0 Å². The minimum atomic E-state index is -0.902. The third kappa shape index (κ3) is 2.20. The third-order valence-electron chi connectivity index (χ3n) is 2.64. The molecule has 0 spiro atoms. The Hall–Kier alpha value is -2.30. The van der Waals surface area contributed by atoms with E-state index >= 15 is 0 Å². The Kier molecular flexibility index (Phi) is 3.06. The first-order valence-electron chi connectivity index (χ1n) is 5.19. The second-order valence-electron chi connectivity index (χ2n) is 3.88. The van der Waals surface area contributed by atoms with Crippen molar-refractivity contribution in [1.29, 1.82) is 0 Å². The van der Waals surface area contributed by atoms with Crippen LogP contribution in [0.1, 0.15) is 5.56 Å². The van der Waals surface area contributed by atoms with Crippen LogP contribution in [0.25, 0.3) is 11.1 Å². The van der Waals surface area contributed by atoms with E-state index in [2.05, 4.69) is 0 Å². The summed E-state index contributed by atoms with van der Waals surface area (Å²) in [4.78, 5) is 9.72. The van der Waals surface area contributed by atoms with E-state index in [9.17, 15) is 18.9 Å². The van der Waals surface area contributed by atoms with Gasteiger partial charge in [-0.25, -0.2) is 4.39 Å². The van der Waals surface area contributed by atoms with Gasteiger partial charge in [0.15, 0.2) is 0 Å². The molecule has 0 aromatic heterocycles. The van der Waals surface area contributed by atoms with Crippen LogP contribution in [0.2, 0.25) is 0 Å². The van der Waals surface area contributed by atoms with Crippen molar-refractivity contribution in [3.8, 4) is 11.1 Å². The predicted octanol–water partition coefficient (Wildman–Crippen LogP) is 3.85. The third-order valence-corrected chi connectivity index (χ3v) is 2.64. The molecule has 5 heteroatoms. The molecule has 2 aromatic carbocycles. The number of aryl methyl sites for hydroxylation is 1. The molecule has 0 radical (unpaired) electrons. The highest BCUT2D eigenvalue weighted by molar-refractivity contribution is 5.68. The molecular formula is C13H9F2NO2. The SMILES string of the molecule is Cc1cc(F)ccc1-c1ccc([N+](=O)[O-])c(F)c1. The van der Waals surface area contributed by atoms with Crippen LogP contribution in [0, 0.1) is 28.7 Å². The first-order valence-corrected chi connectivity index (χ1v) is 5.19. The van der Waals surface area contributed by atoms with Crippen LogP contribution in [-0.4, -0.2) is 4.92 Å². The van der Waals surface area contributed by atoms with Crippen LogP contribution in [-0.2, 0) is 0 Å². The fourth-order valence-electron chi connectivity index (χ4n) is 1.77. The highest BCUT2D eigenvalue weighted by Crippen LogP contribution is 2.28. The minimum absolute atomic E-state index is 0.376. The average Bonchev–Trinajstić information content (AvgIpc) is 2.28. The molecule has 0 heterocycles. The summed E-state index contributed by atoms with van der Waals surface area (Å²) in [7, 11) is 0. The van der Waals surface area contributed by atoms with Gasteiger partial charge in [0.25, 0.3) is 0 Å². The number of benzene rings is 2. The fourth-order valence-corrected chi connectivity index (χ4v) is 1.77. The quantitative estimate of drug-likeness (QED) is 0.599. The van der Waals surface area contributed by atoms with Gasteiger partial charge in [-0.2, -0.15) is 4.39 Å². The highest BCUT2D eigenvalue weighted by atomic mass is 19.1. The first-order chi connectivity index (χ1) is 8.49. The molecule has 0 N–H and O–H groups in total. The van der Waals surface area contributed by atoms with Crippen LogP contribution in [0.3, 0.4) is 0 Å². The Labute approximate surface area is 102 Å². The molecule has 2 aromatic rings. The molecule has 0 amide bonds. The maximum absolute atomic E-state index is 13.5. The summed E-state index contributed by atoms with van der Waals surface area (Å²) in [5.41, 5.74) is 1.20. The number of nitrogens with zero attached hydrogens (tertiary/aromatic N) is 1. The second kappa shape index (κ2) is 4.52. The number of nitro groups is 1. The van der Waals surface area contributed by atoms with E-state index in [0.29, 0.717) is 16.7 Å². The van der Waals surface area contributed by atoms with Gasteiger partial charge in [-0.3, -0.25) is 10.1 Å². The van der Waals surface area contributed by atoms with Gasteiger partial charge in [-0.05, 0) is 47.9 Å². The summed E-state index contributed by atoms with van der Waals surface area (Å²) in [5.74, 6) is -1.28. The van der Waals surface area contributed by atoms with Crippen molar-refractivity contribution in [3.05, 3.63) is 63.7 Å². The van der Waals surface area contributed by atoms with Gasteiger partial charge in [0.05, 0.1) is 4.92 Å². The molecule has 0 saturated carbocycles. The Morgan fingerprint density at radius 1 is 1.11 bits per heavy atom. The lowest BCUT2D eigenvalue weighted by Gasteiger charge is -2.06. The summed E-state index contributed by atoms with van der Waals surface area (Å²) >= 11 is 0. The molecule has 0 saturated heterocycles. The maximum atomic E-state index is 13.5. The molecule has 0 fully saturated rings. The van der Waals surface area contributed by atoms with Gasteiger partial charge in [0.1, 0.15) is 5.82 Å². The lowest BCUT2D eigenvalue weighted by Crippen LogP contribution is -1.93.